The van der Waals surface area contributed by atoms with Gasteiger partial charge in [0.15, 0.2) is 0 Å². The molecule has 0 heterocycles. The third kappa shape index (κ3) is 3.53. The number of carbonyl (C=O) groups is 1. The minimum atomic E-state index is -0.343. The fourth-order valence-corrected chi connectivity index (χ4v) is 0. The first kappa shape index (κ1) is 4.53. The molecule has 0 saturated heterocycles. The van der Waals surface area contributed by atoms with Crippen molar-refractivity contribution < 1.29 is 4.79 Å². The van der Waals surface area contributed by atoms with E-state index in [4.69, 9.17) is 0 Å². The van der Waals surface area contributed by atoms with Gasteiger partial charge in [-0.1, -0.05) is 0 Å². The van der Waals surface area contributed by atoms with Crippen molar-refractivity contribution >= 4 is 13.5 Å². The Balaban J connectivity index is 3.20. The van der Waals surface area contributed by atoms with Crippen LogP contribution in [0.2, 0.25) is 0 Å². The second-order valence-corrected chi connectivity index (χ2v) is 0.648. The van der Waals surface area contributed by atoms with Crippen LogP contribution in [0.1, 0.15) is 6.92 Å². The standard InChI is InChI=1S/C2H3BNO/c1-2(5)4-3/h1H3. The van der Waals surface area contributed by atoms with Crippen LogP contribution in [-0.4, -0.2) is 13.5 Å². The number of nitrogens with zero attached hydrogens (tertiary/aromatic N) is 1. The quantitative estimate of drug-likeness (QED) is 0.364. The van der Waals surface area contributed by atoms with Gasteiger partial charge >= 0.3 is 30.2 Å². The van der Waals surface area contributed by atoms with Gasteiger partial charge in [-0.2, -0.15) is 0 Å². The van der Waals surface area contributed by atoms with Gasteiger partial charge in [-0.25, -0.2) is 0 Å². The number of carbonyl (C=O) groups excluding carboxylic acids is 1. The Labute approximate surface area is 31.3 Å². The first-order valence-electron chi connectivity index (χ1n) is 1.19. The van der Waals surface area contributed by atoms with E-state index in [1.165, 1.54) is 6.92 Å². The van der Waals surface area contributed by atoms with E-state index in [0.717, 1.165) is 0 Å². The van der Waals surface area contributed by atoms with Crippen LogP contribution in [0.3, 0.4) is 0 Å². The van der Waals surface area contributed by atoms with E-state index in [9.17, 15) is 4.79 Å². The molecule has 25 valence electrons. The monoisotopic (exact) mass is 68.0 g/mol. The van der Waals surface area contributed by atoms with Crippen LogP contribution in [0, 0.1) is 0 Å². The SMILES string of the molecule is [B]=NC(C)=O. The number of amides is 1. The van der Waals surface area contributed by atoms with Gasteiger partial charge in [0.05, 0.1) is 0 Å². The fourth-order valence-electron chi connectivity index (χ4n) is 0. The van der Waals surface area contributed by atoms with Gasteiger partial charge < -0.3 is 0 Å². The summed E-state index contributed by atoms with van der Waals surface area (Å²) in [5, 5.41) is 0. The molecule has 0 N–H and O–H groups in total. The predicted octanol–water partition coefficient (Wildman–Crippen LogP) is -0.115. The maximum absolute atomic E-state index is 9.52. The van der Waals surface area contributed by atoms with Gasteiger partial charge in [-0.3, -0.25) is 0 Å². The molecule has 1 amide bonds. The number of hydrogen-bond donors (Lipinski definition) is 0. The third-order valence-electron chi connectivity index (χ3n) is 0.182. The molecule has 5 heavy (non-hydrogen) atoms. The summed E-state index contributed by atoms with van der Waals surface area (Å²) in [6.45, 7) is 1.29. The van der Waals surface area contributed by atoms with E-state index in [1.807, 2.05) is 0 Å². The molecule has 0 aliphatic rings. The zero-order valence-corrected chi connectivity index (χ0v) is 2.93. The summed E-state index contributed by atoms with van der Waals surface area (Å²) in [4.78, 5) is 12.3. The summed E-state index contributed by atoms with van der Waals surface area (Å²) >= 11 is 0. The molecule has 0 aromatic heterocycles. The van der Waals surface area contributed by atoms with Crippen LogP contribution in [0.25, 0.3) is 0 Å². The van der Waals surface area contributed by atoms with Crippen LogP contribution in [-0.2, 0) is 4.79 Å². The summed E-state index contributed by atoms with van der Waals surface area (Å²) in [5.74, 6) is -0.343. The van der Waals surface area contributed by atoms with Crippen molar-refractivity contribution in [3.8, 4) is 0 Å². The summed E-state index contributed by atoms with van der Waals surface area (Å²) in [6.07, 6.45) is 0. The number of hydrogen-bond acceptors (Lipinski definition) is 1. The molecule has 0 aromatic carbocycles. The van der Waals surface area contributed by atoms with E-state index in [2.05, 4.69) is 12.5 Å². The summed E-state index contributed by atoms with van der Waals surface area (Å²) in [7, 11) is 4.45. The van der Waals surface area contributed by atoms with Crippen LogP contribution in [0.5, 0.6) is 0 Å². The maximum atomic E-state index is 9.52. The molecule has 0 rings (SSSR count). The van der Waals surface area contributed by atoms with Gasteiger partial charge in [0.25, 0.3) is 0 Å². The van der Waals surface area contributed by atoms with Crippen LogP contribution < -0.4 is 0 Å². The zero-order valence-electron chi connectivity index (χ0n) is 2.93. The van der Waals surface area contributed by atoms with E-state index in [0.29, 0.717) is 0 Å². The zero-order chi connectivity index (χ0) is 4.28. The topological polar surface area (TPSA) is 29.4 Å². The van der Waals surface area contributed by atoms with Gasteiger partial charge in [-0.15, -0.1) is 0 Å². The first-order valence-corrected chi connectivity index (χ1v) is 1.19. The molecule has 0 unspecified atom stereocenters. The Hall–Kier alpha value is -0.465. The van der Waals surface area contributed by atoms with Crippen LogP contribution in [0.15, 0.2) is 4.90 Å². The van der Waals surface area contributed by atoms with Crippen molar-refractivity contribution in [3.05, 3.63) is 0 Å². The molecule has 0 bridgehead atoms. The average Bonchev–Trinajstić information content (AvgIpc) is 1.38. The van der Waals surface area contributed by atoms with Crippen LogP contribution in [0.4, 0.5) is 0 Å². The van der Waals surface area contributed by atoms with Gasteiger partial charge in [0.1, 0.15) is 0 Å². The second kappa shape index (κ2) is 1.82. The van der Waals surface area contributed by atoms with Crippen LogP contribution >= 0.6 is 0 Å². The Morgan fingerprint density at radius 1 is 2.00 bits per heavy atom. The first-order chi connectivity index (χ1) is 2.27. The molecular weight excluding hydrogens is 64.8 g/mol. The van der Waals surface area contributed by atoms with Crippen molar-refractivity contribution in [2.24, 2.45) is 4.90 Å². The third-order valence-corrected chi connectivity index (χ3v) is 0.182. The van der Waals surface area contributed by atoms with Crippen molar-refractivity contribution in [2.45, 2.75) is 6.92 Å². The molecule has 1 radical (unpaired) electrons. The second-order valence-electron chi connectivity index (χ2n) is 0.648. The normalized spacial score (nSPS) is 6.40. The fraction of sp³-hybridized carbons (Fsp3) is 0.500. The molecule has 0 fully saturated rings. The molecule has 0 spiro atoms. The summed E-state index contributed by atoms with van der Waals surface area (Å²) in [5.41, 5.74) is 0. The van der Waals surface area contributed by atoms with E-state index in [1.54, 1.807) is 0 Å². The molecule has 0 saturated carbocycles. The van der Waals surface area contributed by atoms with E-state index in [-0.39, 0.29) is 5.91 Å². The van der Waals surface area contributed by atoms with Crippen molar-refractivity contribution in [1.29, 1.82) is 0 Å². The van der Waals surface area contributed by atoms with Gasteiger partial charge in [-0.05, 0) is 0 Å². The Morgan fingerprint density at radius 2 is 2.20 bits per heavy atom. The molecule has 0 aromatic rings. The van der Waals surface area contributed by atoms with Crippen molar-refractivity contribution in [2.75, 3.05) is 0 Å². The Morgan fingerprint density at radius 3 is 2.20 bits per heavy atom. The average molecular weight is 67.9 g/mol. The molecule has 0 atom stereocenters. The molecule has 0 aliphatic carbocycles. The Bertz CT molecular complexity index is 60.7. The molecular formula is C2H3BNO. The molecule has 2 nitrogen and oxygen atoms in total. The summed E-state index contributed by atoms with van der Waals surface area (Å²) < 4.78 is 0. The van der Waals surface area contributed by atoms with Crippen molar-refractivity contribution in [3.63, 3.8) is 0 Å². The molecule has 3 heteroatoms. The van der Waals surface area contributed by atoms with E-state index >= 15 is 0 Å². The Kier molecular flexibility index (Phi) is 1.65. The van der Waals surface area contributed by atoms with Crippen molar-refractivity contribution in [1.82, 2.24) is 0 Å². The van der Waals surface area contributed by atoms with E-state index < -0.39 is 0 Å². The van der Waals surface area contributed by atoms with Gasteiger partial charge in [0.2, 0.25) is 0 Å². The summed E-state index contributed by atoms with van der Waals surface area (Å²) in [6, 6.07) is 0. The van der Waals surface area contributed by atoms with Gasteiger partial charge in [0, 0.05) is 0 Å². The molecule has 0 aliphatic heterocycles. The minimum absolute atomic E-state index is 0.343. The number of rotatable bonds is 0. The predicted molar refractivity (Wildman–Crippen MR) is 18.9 cm³/mol.